The van der Waals surface area contributed by atoms with Gasteiger partial charge in [-0.3, -0.25) is 18.9 Å². The first kappa shape index (κ1) is 53.5. The molecule has 0 radical (unpaired) electrons. The van der Waals surface area contributed by atoms with Crippen LogP contribution in [0.4, 0.5) is 0 Å². The standard InChI is InChI=1S/C46H80NO10P/c1-8-10-23-29-41(48)30-25-19-15-13-12-14-16-21-27-33-45(49)53-37-42(38-55-58(51,52)54-36-35-47(5,6)7)56-46(50)34-28-22-18-17-20-26-32-44-40(4)39(3)43(57-44)31-24-11-9-2/h15,19,25,30,42H,8-14,16-18,20-24,26-29,31-38H2,1-7H3/b19-15-,30-25+/t42-/m1/s1. The van der Waals surface area contributed by atoms with Gasteiger partial charge in [0.25, 0.3) is 7.82 Å². The van der Waals surface area contributed by atoms with E-state index in [1.54, 1.807) is 6.08 Å². The highest BCUT2D eigenvalue weighted by Crippen LogP contribution is 2.38. The number of hydrogen-bond acceptors (Lipinski definition) is 10. The third-order valence-corrected chi connectivity index (χ3v) is 11.1. The molecule has 0 fully saturated rings. The van der Waals surface area contributed by atoms with Crippen molar-refractivity contribution in [3.8, 4) is 0 Å². The highest BCUT2D eigenvalue weighted by atomic mass is 31.2. The van der Waals surface area contributed by atoms with Crippen LogP contribution in [0.15, 0.2) is 28.7 Å². The number of esters is 2. The van der Waals surface area contributed by atoms with Crippen molar-refractivity contribution in [2.24, 2.45) is 0 Å². The number of hydrogen-bond donors (Lipinski definition) is 0. The van der Waals surface area contributed by atoms with Crippen LogP contribution in [-0.4, -0.2) is 75.8 Å². The third kappa shape index (κ3) is 28.8. The van der Waals surface area contributed by atoms with Crippen molar-refractivity contribution in [3.63, 3.8) is 0 Å². The first-order valence-electron chi connectivity index (χ1n) is 22.4. The summed E-state index contributed by atoms with van der Waals surface area (Å²) in [4.78, 5) is 49.4. The van der Waals surface area contributed by atoms with Crippen LogP contribution in [0.25, 0.3) is 0 Å². The molecule has 1 aromatic heterocycles. The molecule has 1 unspecified atom stereocenters. The van der Waals surface area contributed by atoms with E-state index in [1.807, 2.05) is 33.3 Å². The Labute approximate surface area is 351 Å². The lowest BCUT2D eigenvalue weighted by atomic mass is 10.0. The van der Waals surface area contributed by atoms with Gasteiger partial charge in [-0.15, -0.1) is 0 Å². The summed E-state index contributed by atoms with van der Waals surface area (Å²) in [6.45, 7) is 8.25. The number of ether oxygens (including phenoxy) is 2. The molecule has 2 atom stereocenters. The van der Waals surface area contributed by atoms with Gasteiger partial charge in [0.15, 0.2) is 11.9 Å². The molecule has 1 heterocycles. The lowest BCUT2D eigenvalue weighted by Gasteiger charge is -2.28. The van der Waals surface area contributed by atoms with E-state index in [-0.39, 0.29) is 31.8 Å². The number of allylic oxidation sites excluding steroid dienone is 4. The van der Waals surface area contributed by atoms with E-state index in [0.717, 1.165) is 108 Å². The van der Waals surface area contributed by atoms with Crippen LogP contribution in [-0.2, 0) is 50.3 Å². The van der Waals surface area contributed by atoms with Crippen molar-refractivity contribution >= 4 is 25.5 Å². The Hall–Kier alpha value is -2.56. The van der Waals surface area contributed by atoms with Gasteiger partial charge in [-0.2, -0.15) is 0 Å². The van der Waals surface area contributed by atoms with Gasteiger partial charge in [-0.05, 0) is 76.0 Å². The summed E-state index contributed by atoms with van der Waals surface area (Å²) in [5.74, 6) is 1.50. The van der Waals surface area contributed by atoms with Crippen LogP contribution in [0.3, 0.4) is 0 Å². The molecule has 11 nitrogen and oxygen atoms in total. The number of nitrogens with zero attached hydrogens (tertiary/aromatic N) is 1. The number of furan rings is 1. The summed E-state index contributed by atoms with van der Waals surface area (Å²) in [5.41, 5.74) is 2.58. The molecule has 12 heteroatoms. The molecular weight excluding hydrogens is 757 g/mol. The van der Waals surface area contributed by atoms with Gasteiger partial charge in [-0.1, -0.05) is 103 Å². The fraction of sp³-hybridized carbons (Fsp3) is 0.761. The summed E-state index contributed by atoms with van der Waals surface area (Å²) in [7, 11) is 1.09. The Morgan fingerprint density at radius 2 is 1.22 bits per heavy atom. The minimum atomic E-state index is -4.66. The summed E-state index contributed by atoms with van der Waals surface area (Å²) >= 11 is 0. The van der Waals surface area contributed by atoms with Crippen molar-refractivity contribution in [2.75, 3.05) is 47.5 Å². The molecule has 0 amide bonds. The lowest BCUT2D eigenvalue weighted by molar-refractivity contribution is -0.870. The van der Waals surface area contributed by atoms with E-state index in [2.05, 4.69) is 33.8 Å². The second-order valence-electron chi connectivity index (χ2n) is 16.7. The molecule has 0 saturated heterocycles. The number of ketones is 1. The summed E-state index contributed by atoms with van der Waals surface area (Å²) < 4.78 is 40.1. The summed E-state index contributed by atoms with van der Waals surface area (Å²) in [6, 6.07) is 0. The highest BCUT2D eigenvalue weighted by molar-refractivity contribution is 7.45. The minimum absolute atomic E-state index is 0.0542. The molecule has 0 N–H and O–H groups in total. The second kappa shape index (κ2) is 32.2. The van der Waals surface area contributed by atoms with E-state index in [0.29, 0.717) is 30.3 Å². The van der Waals surface area contributed by atoms with Crippen LogP contribution >= 0.6 is 7.82 Å². The molecule has 0 aliphatic heterocycles. The van der Waals surface area contributed by atoms with Gasteiger partial charge < -0.3 is 32.3 Å². The second-order valence-corrected chi connectivity index (χ2v) is 18.1. The van der Waals surface area contributed by atoms with Crippen LogP contribution in [0.2, 0.25) is 0 Å². The third-order valence-electron chi connectivity index (χ3n) is 10.2. The SMILES string of the molecule is CCCCCC(=O)/C=C/C=C\CCCCCCCC(=O)OC[C@H](COP(=O)([O-])OCC[N+](C)(C)C)OC(=O)CCCCCCCCc1oc(CCCCC)c(C)c1C. The van der Waals surface area contributed by atoms with Gasteiger partial charge in [0, 0.05) is 32.1 Å². The molecule has 0 bridgehead atoms. The Kier molecular flexibility index (Phi) is 29.7. The molecule has 334 valence electrons. The normalized spacial score (nSPS) is 13.7. The van der Waals surface area contributed by atoms with E-state index >= 15 is 0 Å². The zero-order chi connectivity index (χ0) is 43.1. The number of rotatable bonds is 37. The van der Waals surface area contributed by atoms with Crippen molar-refractivity contribution < 1.29 is 51.3 Å². The van der Waals surface area contributed by atoms with Crippen molar-refractivity contribution in [2.45, 2.75) is 181 Å². The number of phosphoric ester groups is 1. The molecule has 0 aliphatic carbocycles. The summed E-state index contributed by atoms with van der Waals surface area (Å²) in [5, 5.41) is 0. The molecular formula is C46H80NO10P. The number of carbonyl (C=O) groups is 3. The zero-order valence-corrected chi connectivity index (χ0v) is 38.3. The summed E-state index contributed by atoms with van der Waals surface area (Å²) in [6.07, 6.45) is 27.3. The average Bonchev–Trinajstić information content (AvgIpc) is 3.43. The predicted octanol–water partition coefficient (Wildman–Crippen LogP) is 10.6. The van der Waals surface area contributed by atoms with Crippen LogP contribution < -0.4 is 4.89 Å². The maximum absolute atomic E-state index is 12.8. The van der Waals surface area contributed by atoms with Gasteiger partial charge in [0.1, 0.15) is 31.3 Å². The van der Waals surface area contributed by atoms with Gasteiger partial charge in [0.2, 0.25) is 0 Å². The number of unbranched alkanes of at least 4 members (excludes halogenated alkanes) is 14. The monoisotopic (exact) mass is 838 g/mol. The van der Waals surface area contributed by atoms with E-state index in [9.17, 15) is 23.8 Å². The fourth-order valence-electron chi connectivity index (χ4n) is 6.28. The quantitative estimate of drug-likeness (QED) is 0.0159. The lowest BCUT2D eigenvalue weighted by Crippen LogP contribution is -2.37. The molecule has 58 heavy (non-hydrogen) atoms. The van der Waals surface area contributed by atoms with Crippen LogP contribution in [0.1, 0.15) is 171 Å². The average molecular weight is 838 g/mol. The Bertz CT molecular complexity index is 1380. The van der Waals surface area contributed by atoms with E-state index in [4.69, 9.17) is 22.9 Å². The Balaban J connectivity index is 2.41. The minimum Gasteiger partial charge on any atom is -0.756 e. The highest BCUT2D eigenvalue weighted by Gasteiger charge is 2.22. The number of phosphoric acid groups is 1. The van der Waals surface area contributed by atoms with Crippen molar-refractivity contribution in [1.82, 2.24) is 0 Å². The van der Waals surface area contributed by atoms with E-state index < -0.39 is 32.5 Å². The molecule has 0 saturated carbocycles. The predicted molar refractivity (Wildman–Crippen MR) is 230 cm³/mol. The molecule has 0 aliphatic rings. The Morgan fingerprint density at radius 3 is 1.84 bits per heavy atom. The Morgan fingerprint density at radius 1 is 0.690 bits per heavy atom. The topological polar surface area (TPSA) is 141 Å². The van der Waals surface area contributed by atoms with Gasteiger partial charge >= 0.3 is 11.9 Å². The van der Waals surface area contributed by atoms with Crippen LogP contribution in [0.5, 0.6) is 0 Å². The maximum Gasteiger partial charge on any atom is 0.306 e. The van der Waals surface area contributed by atoms with Crippen molar-refractivity contribution in [1.29, 1.82) is 0 Å². The molecule has 1 rings (SSSR count). The number of quaternary nitrogens is 1. The number of carbonyl (C=O) groups excluding carboxylic acids is 3. The smallest absolute Gasteiger partial charge is 0.306 e. The largest absolute Gasteiger partial charge is 0.756 e. The number of aryl methyl sites for hydroxylation is 2. The maximum atomic E-state index is 12.8. The molecule has 1 aromatic rings. The zero-order valence-electron chi connectivity index (χ0n) is 37.5. The molecule has 0 spiro atoms. The van der Waals surface area contributed by atoms with Crippen molar-refractivity contribution in [3.05, 3.63) is 47.0 Å². The fourth-order valence-corrected chi connectivity index (χ4v) is 7.01. The van der Waals surface area contributed by atoms with Gasteiger partial charge in [0.05, 0.1) is 27.7 Å². The van der Waals surface area contributed by atoms with Crippen LogP contribution in [0, 0.1) is 13.8 Å². The first-order chi connectivity index (χ1) is 27.7. The van der Waals surface area contributed by atoms with Gasteiger partial charge in [-0.25, -0.2) is 0 Å². The number of likely N-dealkylation sites (N-methyl/N-ethyl adjacent to an activating group) is 1. The first-order valence-corrected chi connectivity index (χ1v) is 23.8. The molecule has 0 aromatic carbocycles. The van der Waals surface area contributed by atoms with E-state index in [1.165, 1.54) is 30.4 Å².